The second kappa shape index (κ2) is 9.79. The second-order valence-corrected chi connectivity index (χ2v) is 9.48. The zero-order valence-corrected chi connectivity index (χ0v) is 18.9. The van der Waals surface area contributed by atoms with Gasteiger partial charge in [-0.1, -0.05) is 85.3 Å². The molecule has 0 aliphatic rings. The Kier molecular flexibility index (Phi) is 7.13. The summed E-state index contributed by atoms with van der Waals surface area (Å²) in [7, 11) is -3.64. The third-order valence-corrected chi connectivity index (χ3v) is 6.30. The van der Waals surface area contributed by atoms with E-state index in [1.54, 1.807) is 12.1 Å². The van der Waals surface area contributed by atoms with Crippen LogP contribution in [0, 0.1) is 6.92 Å². The van der Waals surface area contributed by atoms with Gasteiger partial charge < -0.3 is 5.32 Å². The first-order chi connectivity index (χ1) is 14.8. The van der Waals surface area contributed by atoms with Crippen molar-refractivity contribution in [3.8, 4) is 0 Å². The molecule has 31 heavy (non-hydrogen) atoms. The molecule has 6 heteroatoms. The number of rotatable bonds is 8. The average Bonchev–Trinajstić information content (AvgIpc) is 2.76. The summed E-state index contributed by atoms with van der Waals surface area (Å²) in [5.41, 5.74) is 4.40. The lowest BCUT2D eigenvalue weighted by atomic mass is 9.98. The molecule has 0 aliphatic carbocycles. The molecule has 1 unspecified atom stereocenters. The molecule has 0 bridgehead atoms. The number of carbonyl (C=O) groups excluding carboxylic acids is 1. The van der Waals surface area contributed by atoms with Gasteiger partial charge in [-0.3, -0.25) is 9.10 Å². The number of hydrogen-bond donors (Lipinski definition) is 1. The number of amides is 1. The normalized spacial score (nSPS) is 12.2. The van der Waals surface area contributed by atoms with Gasteiger partial charge in [-0.25, -0.2) is 8.42 Å². The van der Waals surface area contributed by atoms with Crippen LogP contribution in [0.4, 0.5) is 5.69 Å². The first-order valence-electron chi connectivity index (χ1n) is 10.3. The quantitative estimate of drug-likeness (QED) is 0.575. The van der Waals surface area contributed by atoms with Gasteiger partial charge in [0.05, 0.1) is 18.0 Å². The molecule has 162 valence electrons. The van der Waals surface area contributed by atoms with Crippen molar-refractivity contribution in [3.63, 3.8) is 0 Å². The van der Waals surface area contributed by atoms with E-state index in [-0.39, 0.29) is 18.5 Å². The number of sulfonamides is 1. The van der Waals surface area contributed by atoms with Crippen LogP contribution >= 0.6 is 0 Å². The van der Waals surface area contributed by atoms with Crippen LogP contribution in [0.5, 0.6) is 0 Å². The molecule has 0 saturated heterocycles. The van der Waals surface area contributed by atoms with Gasteiger partial charge in [-0.2, -0.15) is 0 Å². The Balaban J connectivity index is 1.91. The Labute approximate surface area is 184 Å². The summed E-state index contributed by atoms with van der Waals surface area (Å²) in [6.45, 7) is 3.68. The summed E-state index contributed by atoms with van der Waals surface area (Å²) < 4.78 is 26.3. The van der Waals surface area contributed by atoms with E-state index in [2.05, 4.69) is 5.32 Å². The van der Waals surface area contributed by atoms with E-state index >= 15 is 0 Å². The minimum absolute atomic E-state index is 0.287. The van der Waals surface area contributed by atoms with Crippen LogP contribution in [0.3, 0.4) is 0 Å². The maximum atomic E-state index is 13.1. The highest BCUT2D eigenvalue weighted by molar-refractivity contribution is 7.92. The Morgan fingerprint density at radius 2 is 1.48 bits per heavy atom. The van der Waals surface area contributed by atoms with Crippen LogP contribution < -0.4 is 9.62 Å². The Bertz CT molecular complexity index is 1130. The van der Waals surface area contributed by atoms with E-state index in [9.17, 15) is 13.2 Å². The molecular weight excluding hydrogens is 408 g/mol. The summed E-state index contributed by atoms with van der Waals surface area (Å²) in [5.74, 6) is -0.370. The summed E-state index contributed by atoms with van der Waals surface area (Å²) in [5, 5.41) is 3.03. The van der Waals surface area contributed by atoms with Gasteiger partial charge in [0.25, 0.3) is 0 Å². The van der Waals surface area contributed by atoms with Crippen molar-refractivity contribution < 1.29 is 13.2 Å². The smallest absolute Gasteiger partial charge is 0.241 e. The largest absolute Gasteiger partial charge is 0.344 e. The summed E-state index contributed by atoms with van der Waals surface area (Å²) in [6, 6.07) is 24.5. The molecule has 0 heterocycles. The van der Waals surface area contributed by atoms with Crippen LogP contribution in [0.15, 0.2) is 78.9 Å². The third-order valence-electron chi connectivity index (χ3n) is 5.18. The fourth-order valence-electron chi connectivity index (χ4n) is 3.53. The predicted octanol–water partition coefficient (Wildman–Crippen LogP) is 4.23. The van der Waals surface area contributed by atoms with E-state index in [1.807, 2.05) is 80.6 Å². The molecule has 1 atom stereocenters. The van der Waals surface area contributed by atoms with Gasteiger partial charge in [0.2, 0.25) is 15.9 Å². The molecule has 0 spiro atoms. The number of anilines is 1. The van der Waals surface area contributed by atoms with E-state index < -0.39 is 10.0 Å². The Morgan fingerprint density at radius 1 is 0.903 bits per heavy atom. The number of aryl methyl sites for hydroxylation is 2. The molecule has 0 radical (unpaired) electrons. The molecule has 3 aromatic rings. The van der Waals surface area contributed by atoms with E-state index in [0.29, 0.717) is 12.1 Å². The van der Waals surface area contributed by atoms with Crippen LogP contribution in [-0.4, -0.2) is 27.1 Å². The number of nitrogens with one attached hydrogen (secondary N) is 1. The fourth-order valence-corrected chi connectivity index (χ4v) is 4.42. The zero-order valence-electron chi connectivity index (χ0n) is 18.1. The first-order valence-corrected chi connectivity index (χ1v) is 12.1. The lowest BCUT2D eigenvalue weighted by Gasteiger charge is -2.26. The Hall–Kier alpha value is -3.12. The molecule has 1 amide bonds. The Morgan fingerprint density at radius 3 is 2.10 bits per heavy atom. The average molecular weight is 437 g/mol. The van der Waals surface area contributed by atoms with Crippen molar-refractivity contribution in [1.29, 1.82) is 0 Å². The van der Waals surface area contributed by atoms with Gasteiger partial charge in [0, 0.05) is 0 Å². The topological polar surface area (TPSA) is 66.5 Å². The highest BCUT2D eigenvalue weighted by atomic mass is 32.2. The predicted molar refractivity (Wildman–Crippen MR) is 126 cm³/mol. The monoisotopic (exact) mass is 436 g/mol. The van der Waals surface area contributed by atoms with Crippen molar-refractivity contribution in [2.75, 3.05) is 17.1 Å². The van der Waals surface area contributed by atoms with Gasteiger partial charge in [-0.15, -0.1) is 0 Å². The molecule has 3 rings (SSSR count). The van der Waals surface area contributed by atoms with Crippen molar-refractivity contribution >= 4 is 21.6 Å². The summed E-state index contributed by atoms with van der Waals surface area (Å²) in [4.78, 5) is 13.1. The van der Waals surface area contributed by atoms with Gasteiger partial charge in [0.1, 0.15) is 6.54 Å². The van der Waals surface area contributed by atoms with Crippen molar-refractivity contribution in [1.82, 2.24) is 5.32 Å². The molecule has 3 aromatic carbocycles. The minimum atomic E-state index is -3.64. The third kappa shape index (κ3) is 5.73. The molecule has 5 nitrogen and oxygen atoms in total. The zero-order chi connectivity index (χ0) is 22.4. The summed E-state index contributed by atoms with van der Waals surface area (Å²) in [6.07, 6.45) is 1.79. The van der Waals surface area contributed by atoms with Crippen molar-refractivity contribution in [3.05, 3.63) is 101 Å². The van der Waals surface area contributed by atoms with E-state index in [0.717, 1.165) is 28.5 Å². The van der Waals surface area contributed by atoms with Crippen molar-refractivity contribution in [2.45, 2.75) is 26.3 Å². The number of carbonyl (C=O) groups is 1. The molecule has 0 aliphatic heterocycles. The number of para-hydroxylation sites is 1. The number of hydrogen-bond acceptors (Lipinski definition) is 3. The number of benzene rings is 3. The van der Waals surface area contributed by atoms with E-state index in [1.165, 1.54) is 4.31 Å². The van der Waals surface area contributed by atoms with Crippen LogP contribution in [-0.2, 0) is 21.2 Å². The van der Waals surface area contributed by atoms with Gasteiger partial charge in [0.15, 0.2) is 0 Å². The van der Waals surface area contributed by atoms with Crippen LogP contribution in [0.2, 0.25) is 0 Å². The summed E-state index contributed by atoms with van der Waals surface area (Å²) >= 11 is 0. The first kappa shape index (κ1) is 22.6. The minimum Gasteiger partial charge on any atom is -0.344 e. The highest BCUT2D eigenvalue weighted by Crippen LogP contribution is 2.25. The maximum Gasteiger partial charge on any atom is 0.241 e. The van der Waals surface area contributed by atoms with Crippen LogP contribution in [0.25, 0.3) is 0 Å². The van der Waals surface area contributed by atoms with Gasteiger partial charge in [-0.05, 0) is 36.1 Å². The maximum absolute atomic E-state index is 13.1. The molecule has 0 aromatic heterocycles. The van der Waals surface area contributed by atoms with E-state index in [4.69, 9.17) is 0 Å². The molecule has 0 saturated carbocycles. The molecule has 1 N–H and O–H groups in total. The standard InChI is InChI=1S/C25H28N2O3S/c1-4-20-10-8-9-13-23(20)27(31(3,29)30)18-24(28)26-25(21-11-6-5-7-12-21)22-16-14-19(2)15-17-22/h5-17,25H,4,18H2,1-3H3,(H,26,28). The molecule has 0 fully saturated rings. The molecular formula is C25H28N2O3S. The lowest BCUT2D eigenvalue weighted by molar-refractivity contribution is -0.120. The highest BCUT2D eigenvalue weighted by Gasteiger charge is 2.25. The lowest BCUT2D eigenvalue weighted by Crippen LogP contribution is -2.42. The number of nitrogens with zero attached hydrogens (tertiary/aromatic N) is 1. The van der Waals surface area contributed by atoms with Crippen LogP contribution in [0.1, 0.15) is 35.2 Å². The SMILES string of the molecule is CCc1ccccc1N(CC(=O)NC(c1ccccc1)c1ccc(C)cc1)S(C)(=O)=O. The fraction of sp³-hybridized carbons (Fsp3) is 0.240. The van der Waals surface area contributed by atoms with Gasteiger partial charge >= 0.3 is 0 Å². The van der Waals surface area contributed by atoms with Crippen molar-refractivity contribution in [2.24, 2.45) is 0 Å². The second-order valence-electron chi connectivity index (χ2n) is 7.57.